The second kappa shape index (κ2) is 5.60. The van der Waals surface area contributed by atoms with Crippen molar-refractivity contribution in [2.45, 2.75) is 13.3 Å². The van der Waals surface area contributed by atoms with Crippen molar-refractivity contribution in [3.63, 3.8) is 0 Å². The second-order valence-corrected chi connectivity index (χ2v) is 4.71. The summed E-state index contributed by atoms with van der Waals surface area (Å²) in [6.45, 7) is 1.79. The molecular weight excluding hydrogens is 246 g/mol. The summed E-state index contributed by atoms with van der Waals surface area (Å²) in [4.78, 5) is 12.6. The Morgan fingerprint density at radius 3 is 2.61 bits per heavy atom. The lowest BCUT2D eigenvalue weighted by Gasteiger charge is -1.97. The number of hydrogen-bond donors (Lipinski definition) is 1. The average molecular weight is 259 g/mol. The summed E-state index contributed by atoms with van der Waals surface area (Å²) in [6.07, 6.45) is 0.425. The van der Waals surface area contributed by atoms with Gasteiger partial charge in [0.1, 0.15) is 5.71 Å². The highest BCUT2D eigenvalue weighted by Crippen LogP contribution is 2.26. The van der Waals surface area contributed by atoms with Crippen molar-refractivity contribution in [3.8, 4) is 11.1 Å². The van der Waals surface area contributed by atoms with Crippen LogP contribution in [0.2, 0.25) is 0 Å². The molecule has 1 aromatic heterocycles. The van der Waals surface area contributed by atoms with E-state index in [1.54, 1.807) is 6.92 Å². The van der Waals surface area contributed by atoms with E-state index in [4.69, 9.17) is 5.21 Å². The van der Waals surface area contributed by atoms with Crippen molar-refractivity contribution in [1.29, 1.82) is 0 Å². The molecule has 0 saturated carbocycles. The standard InChI is InChI=1S/C14H13NO2S/c1-2-12(15-17)14(16)13-8-11(9-18-13)10-6-4-3-5-7-10/h3-9,17H,2H2,1H3. The van der Waals surface area contributed by atoms with Gasteiger partial charge in [-0.3, -0.25) is 4.79 Å². The zero-order valence-corrected chi connectivity index (χ0v) is 10.8. The summed E-state index contributed by atoms with van der Waals surface area (Å²) >= 11 is 1.37. The van der Waals surface area contributed by atoms with Crippen LogP contribution < -0.4 is 0 Å². The Bertz CT molecular complexity index is 572. The lowest BCUT2D eigenvalue weighted by Crippen LogP contribution is -2.11. The van der Waals surface area contributed by atoms with Gasteiger partial charge in [0.2, 0.25) is 5.78 Å². The topological polar surface area (TPSA) is 49.7 Å². The molecule has 0 aliphatic carbocycles. The molecular formula is C14H13NO2S. The van der Waals surface area contributed by atoms with E-state index in [9.17, 15) is 4.79 Å². The number of ketones is 1. The van der Waals surface area contributed by atoms with Crippen LogP contribution in [0.3, 0.4) is 0 Å². The summed E-state index contributed by atoms with van der Waals surface area (Å²) in [5.74, 6) is -0.202. The molecule has 0 radical (unpaired) electrons. The monoisotopic (exact) mass is 259 g/mol. The Morgan fingerprint density at radius 1 is 1.28 bits per heavy atom. The van der Waals surface area contributed by atoms with E-state index < -0.39 is 0 Å². The van der Waals surface area contributed by atoms with Crippen molar-refractivity contribution in [2.24, 2.45) is 5.16 Å². The van der Waals surface area contributed by atoms with Gasteiger partial charge in [-0.1, -0.05) is 42.4 Å². The average Bonchev–Trinajstić information content (AvgIpc) is 2.90. The first kappa shape index (κ1) is 12.5. The molecule has 0 saturated heterocycles. The molecule has 0 bridgehead atoms. The smallest absolute Gasteiger partial charge is 0.220 e. The predicted molar refractivity (Wildman–Crippen MR) is 73.6 cm³/mol. The maximum Gasteiger partial charge on any atom is 0.220 e. The molecule has 92 valence electrons. The number of carbonyl (C=O) groups excluding carboxylic acids is 1. The zero-order chi connectivity index (χ0) is 13.0. The number of rotatable bonds is 4. The fourth-order valence-corrected chi connectivity index (χ4v) is 2.53. The van der Waals surface area contributed by atoms with Gasteiger partial charge in [-0.05, 0) is 29.0 Å². The number of benzene rings is 1. The third-order valence-corrected chi connectivity index (χ3v) is 3.58. The minimum Gasteiger partial charge on any atom is -0.411 e. The van der Waals surface area contributed by atoms with E-state index in [0.717, 1.165) is 11.1 Å². The molecule has 4 heteroatoms. The fourth-order valence-electron chi connectivity index (χ4n) is 1.66. The summed E-state index contributed by atoms with van der Waals surface area (Å²) < 4.78 is 0. The van der Waals surface area contributed by atoms with Gasteiger partial charge in [0.25, 0.3) is 0 Å². The molecule has 1 N–H and O–H groups in total. The van der Waals surface area contributed by atoms with Crippen LogP contribution >= 0.6 is 11.3 Å². The number of nitrogens with zero attached hydrogens (tertiary/aromatic N) is 1. The number of Topliss-reactive ketones (excluding diaryl/α,β-unsaturated/α-hetero) is 1. The minimum atomic E-state index is -0.202. The van der Waals surface area contributed by atoms with Gasteiger partial charge in [-0.2, -0.15) is 0 Å². The van der Waals surface area contributed by atoms with E-state index in [1.807, 2.05) is 41.8 Å². The molecule has 0 unspecified atom stereocenters. The summed E-state index contributed by atoms with van der Waals surface area (Å²) in [6, 6.07) is 11.7. The van der Waals surface area contributed by atoms with Gasteiger partial charge in [-0.25, -0.2) is 0 Å². The first-order valence-corrected chi connectivity index (χ1v) is 6.53. The van der Waals surface area contributed by atoms with Gasteiger partial charge in [-0.15, -0.1) is 11.3 Å². The Labute approximate surface area is 109 Å². The molecule has 0 aliphatic heterocycles. The third kappa shape index (κ3) is 2.49. The van der Waals surface area contributed by atoms with Crippen molar-refractivity contribution in [2.75, 3.05) is 0 Å². The van der Waals surface area contributed by atoms with Crippen LogP contribution in [-0.2, 0) is 0 Å². The molecule has 18 heavy (non-hydrogen) atoms. The van der Waals surface area contributed by atoms with Crippen molar-refractivity contribution >= 4 is 22.8 Å². The minimum absolute atomic E-state index is 0.191. The van der Waals surface area contributed by atoms with Crippen LogP contribution in [-0.4, -0.2) is 16.7 Å². The summed E-state index contributed by atoms with van der Waals surface area (Å²) in [5, 5.41) is 13.7. The Balaban J connectivity index is 2.29. The number of thiophene rings is 1. The zero-order valence-electron chi connectivity index (χ0n) is 9.96. The molecule has 0 amide bonds. The van der Waals surface area contributed by atoms with Gasteiger partial charge in [0, 0.05) is 0 Å². The van der Waals surface area contributed by atoms with E-state index in [2.05, 4.69) is 5.16 Å². The van der Waals surface area contributed by atoms with Crippen LogP contribution in [0.1, 0.15) is 23.0 Å². The van der Waals surface area contributed by atoms with E-state index >= 15 is 0 Å². The van der Waals surface area contributed by atoms with E-state index in [1.165, 1.54) is 11.3 Å². The maximum atomic E-state index is 12.0. The van der Waals surface area contributed by atoms with Gasteiger partial charge in [0.05, 0.1) is 4.88 Å². The molecule has 0 aliphatic rings. The van der Waals surface area contributed by atoms with E-state index in [-0.39, 0.29) is 11.5 Å². The molecule has 1 aromatic carbocycles. The first-order chi connectivity index (χ1) is 8.76. The van der Waals surface area contributed by atoms with Crippen LogP contribution in [0.15, 0.2) is 46.9 Å². The molecule has 1 heterocycles. The van der Waals surface area contributed by atoms with Crippen molar-refractivity contribution in [3.05, 3.63) is 46.7 Å². The summed E-state index contributed by atoms with van der Waals surface area (Å²) in [7, 11) is 0. The first-order valence-electron chi connectivity index (χ1n) is 5.65. The van der Waals surface area contributed by atoms with Gasteiger partial charge >= 0.3 is 0 Å². The summed E-state index contributed by atoms with van der Waals surface area (Å²) in [5.41, 5.74) is 2.28. The molecule has 3 nitrogen and oxygen atoms in total. The number of oxime groups is 1. The highest BCUT2D eigenvalue weighted by atomic mass is 32.1. The van der Waals surface area contributed by atoms with Gasteiger partial charge in [0.15, 0.2) is 0 Å². The van der Waals surface area contributed by atoms with Crippen LogP contribution in [0.5, 0.6) is 0 Å². The largest absolute Gasteiger partial charge is 0.411 e. The van der Waals surface area contributed by atoms with Crippen molar-refractivity contribution < 1.29 is 10.0 Å². The molecule has 2 rings (SSSR count). The molecule has 0 fully saturated rings. The van der Waals surface area contributed by atoms with Crippen LogP contribution in [0.25, 0.3) is 11.1 Å². The molecule has 0 atom stereocenters. The number of hydrogen-bond acceptors (Lipinski definition) is 4. The fraction of sp³-hybridized carbons (Fsp3) is 0.143. The van der Waals surface area contributed by atoms with Crippen LogP contribution in [0.4, 0.5) is 0 Å². The SMILES string of the molecule is CCC(=NO)C(=O)c1cc(-c2ccccc2)cs1. The lowest BCUT2D eigenvalue weighted by atomic mass is 10.1. The molecule has 2 aromatic rings. The quantitative estimate of drug-likeness (QED) is 0.392. The second-order valence-electron chi connectivity index (χ2n) is 3.80. The molecule has 0 spiro atoms. The highest BCUT2D eigenvalue weighted by molar-refractivity contribution is 7.13. The predicted octanol–water partition coefficient (Wildman–Crippen LogP) is 3.84. The van der Waals surface area contributed by atoms with E-state index in [0.29, 0.717) is 11.3 Å². The normalized spacial score (nSPS) is 11.5. The lowest BCUT2D eigenvalue weighted by molar-refractivity contribution is 0.106. The van der Waals surface area contributed by atoms with Gasteiger partial charge < -0.3 is 5.21 Å². The maximum absolute atomic E-state index is 12.0. The Kier molecular flexibility index (Phi) is 3.89. The van der Waals surface area contributed by atoms with Crippen molar-refractivity contribution in [1.82, 2.24) is 0 Å². The third-order valence-electron chi connectivity index (χ3n) is 2.65. The number of carbonyl (C=O) groups is 1. The Morgan fingerprint density at radius 2 is 2.00 bits per heavy atom. The van der Waals surface area contributed by atoms with Crippen LogP contribution in [0, 0.1) is 0 Å². The highest BCUT2D eigenvalue weighted by Gasteiger charge is 2.15. The Hall–Kier alpha value is -1.94.